The fourth-order valence-corrected chi connectivity index (χ4v) is 3.75. The molecule has 2 aromatic rings. The first-order valence-corrected chi connectivity index (χ1v) is 9.22. The van der Waals surface area contributed by atoms with Gasteiger partial charge in [-0.2, -0.15) is 5.10 Å². The molecule has 1 heterocycles. The normalized spacial score (nSPS) is 25.5. The Kier molecular flexibility index (Phi) is 4.62. The fraction of sp³-hybridized carbons (Fsp3) is 0.318. The van der Waals surface area contributed by atoms with Gasteiger partial charge in [0.15, 0.2) is 0 Å². The van der Waals surface area contributed by atoms with Crippen molar-refractivity contribution >= 4 is 11.3 Å². The first-order chi connectivity index (χ1) is 12.6. The maximum atomic E-state index is 11.6. The molecule has 0 aromatic heterocycles. The molecule has 4 heteroatoms. The zero-order chi connectivity index (χ0) is 18.0. The van der Waals surface area contributed by atoms with Gasteiger partial charge in [0.1, 0.15) is 5.60 Å². The predicted octanol–water partition coefficient (Wildman–Crippen LogP) is 2.96. The van der Waals surface area contributed by atoms with E-state index in [0.29, 0.717) is 6.42 Å². The van der Waals surface area contributed by atoms with Crippen molar-refractivity contribution in [1.82, 2.24) is 9.91 Å². The number of nitrogens with zero attached hydrogens (tertiary/aromatic N) is 3. The molecule has 0 radical (unpaired) electrons. The van der Waals surface area contributed by atoms with Crippen LogP contribution in [0.15, 0.2) is 71.8 Å². The van der Waals surface area contributed by atoms with Crippen molar-refractivity contribution in [2.45, 2.75) is 12.0 Å². The molecule has 0 unspecified atom stereocenters. The van der Waals surface area contributed by atoms with E-state index < -0.39 is 5.60 Å². The second-order valence-electron chi connectivity index (χ2n) is 7.18. The minimum absolute atomic E-state index is 0.508. The Morgan fingerprint density at radius 1 is 0.885 bits per heavy atom. The number of likely N-dealkylation sites (N-methyl/N-ethyl adjacent to an activating group) is 1. The number of hydrogen-bond acceptors (Lipinski definition) is 4. The molecule has 0 saturated carbocycles. The summed E-state index contributed by atoms with van der Waals surface area (Å²) < 4.78 is 0. The summed E-state index contributed by atoms with van der Waals surface area (Å²) in [4.78, 5) is 2.32. The van der Waals surface area contributed by atoms with Gasteiger partial charge in [-0.3, -0.25) is 5.01 Å². The van der Waals surface area contributed by atoms with E-state index in [-0.39, 0.29) is 0 Å². The van der Waals surface area contributed by atoms with Gasteiger partial charge in [-0.1, -0.05) is 60.7 Å². The molecule has 1 saturated heterocycles. The Bertz CT molecular complexity index is 808. The van der Waals surface area contributed by atoms with E-state index in [2.05, 4.69) is 35.2 Å². The molecule has 134 valence electrons. The van der Waals surface area contributed by atoms with E-state index in [1.54, 1.807) is 0 Å². The minimum atomic E-state index is -1.03. The summed E-state index contributed by atoms with van der Waals surface area (Å²) in [6.07, 6.45) is 2.58. The molecule has 1 atom stereocenters. The molecular weight excluding hydrogens is 322 g/mol. The van der Waals surface area contributed by atoms with Crippen LogP contribution in [0.25, 0.3) is 5.57 Å². The van der Waals surface area contributed by atoms with Crippen LogP contribution in [-0.2, 0) is 5.60 Å². The highest BCUT2D eigenvalue weighted by atomic mass is 16.3. The number of rotatable bonds is 3. The van der Waals surface area contributed by atoms with Crippen molar-refractivity contribution in [2.75, 3.05) is 33.2 Å². The zero-order valence-corrected chi connectivity index (χ0v) is 15.2. The quantitative estimate of drug-likeness (QED) is 0.928. The second kappa shape index (κ2) is 7.06. The van der Waals surface area contributed by atoms with Crippen molar-refractivity contribution in [2.24, 2.45) is 5.10 Å². The molecule has 4 nitrogen and oxygen atoms in total. The van der Waals surface area contributed by atoms with Gasteiger partial charge in [0, 0.05) is 32.6 Å². The largest absolute Gasteiger partial charge is 0.380 e. The lowest BCUT2D eigenvalue weighted by Gasteiger charge is -2.31. The topological polar surface area (TPSA) is 39.1 Å². The van der Waals surface area contributed by atoms with Crippen LogP contribution < -0.4 is 0 Å². The van der Waals surface area contributed by atoms with Crippen molar-refractivity contribution in [3.8, 4) is 0 Å². The van der Waals surface area contributed by atoms with E-state index in [4.69, 9.17) is 5.10 Å². The summed E-state index contributed by atoms with van der Waals surface area (Å²) in [6, 6.07) is 20.1. The van der Waals surface area contributed by atoms with Crippen LogP contribution in [0.1, 0.15) is 17.5 Å². The number of benzene rings is 2. The lowest BCUT2D eigenvalue weighted by molar-refractivity contribution is 0.111. The van der Waals surface area contributed by atoms with Crippen LogP contribution >= 0.6 is 0 Å². The molecule has 4 rings (SSSR count). The van der Waals surface area contributed by atoms with Crippen molar-refractivity contribution in [1.29, 1.82) is 0 Å². The SMILES string of the molecule is CN1CCN(/N=C2\C=C(c3ccccc3)[C@](O)(c3ccccc3)C2)CC1. The molecule has 0 amide bonds. The standard InChI is InChI=1S/C22H25N3O/c1-24-12-14-25(15-13-24)23-20-16-21(18-8-4-2-5-9-18)22(26,17-20)19-10-6-3-7-11-19/h2-11,16,26H,12-15,17H2,1H3/b23-20+/t22-/m1/s1. The van der Waals surface area contributed by atoms with Gasteiger partial charge in [-0.25, -0.2) is 0 Å². The maximum Gasteiger partial charge on any atom is 0.121 e. The highest BCUT2D eigenvalue weighted by molar-refractivity contribution is 6.08. The molecule has 1 fully saturated rings. The molecule has 1 aliphatic heterocycles. The van der Waals surface area contributed by atoms with E-state index in [9.17, 15) is 5.11 Å². The minimum Gasteiger partial charge on any atom is -0.380 e. The lowest BCUT2D eigenvalue weighted by Crippen LogP contribution is -2.42. The molecule has 0 spiro atoms. The Morgan fingerprint density at radius 3 is 2.15 bits per heavy atom. The van der Waals surface area contributed by atoms with Crippen LogP contribution in [0.3, 0.4) is 0 Å². The summed E-state index contributed by atoms with van der Waals surface area (Å²) in [7, 11) is 2.14. The third-order valence-corrected chi connectivity index (χ3v) is 5.28. The molecule has 2 aliphatic rings. The maximum absolute atomic E-state index is 11.6. The Hall–Kier alpha value is -2.43. The van der Waals surface area contributed by atoms with E-state index in [1.807, 2.05) is 48.5 Å². The summed E-state index contributed by atoms with van der Waals surface area (Å²) in [6.45, 7) is 3.90. The molecular formula is C22H25N3O. The number of aliphatic hydroxyl groups is 1. The highest BCUT2D eigenvalue weighted by Gasteiger charge is 2.40. The van der Waals surface area contributed by atoms with Gasteiger partial charge in [0.25, 0.3) is 0 Å². The number of allylic oxidation sites excluding steroid dienone is 1. The van der Waals surface area contributed by atoms with Gasteiger partial charge in [-0.15, -0.1) is 0 Å². The second-order valence-corrected chi connectivity index (χ2v) is 7.18. The van der Waals surface area contributed by atoms with Crippen molar-refractivity contribution in [3.63, 3.8) is 0 Å². The third-order valence-electron chi connectivity index (χ3n) is 5.28. The fourth-order valence-electron chi connectivity index (χ4n) is 3.75. The molecule has 1 aliphatic carbocycles. The molecule has 1 N–H and O–H groups in total. The van der Waals surface area contributed by atoms with Crippen molar-refractivity contribution < 1.29 is 5.11 Å². The Balaban J connectivity index is 1.70. The van der Waals surface area contributed by atoms with Crippen LogP contribution in [0.4, 0.5) is 0 Å². The monoisotopic (exact) mass is 347 g/mol. The van der Waals surface area contributed by atoms with E-state index in [1.165, 1.54) is 0 Å². The van der Waals surface area contributed by atoms with E-state index in [0.717, 1.165) is 48.6 Å². The summed E-state index contributed by atoms with van der Waals surface area (Å²) in [5.74, 6) is 0. The molecule has 26 heavy (non-hydrogen) atoms. The molecule has 2 aromatic carbocycles. The summed E-state index contributed by atoms with van der Waals surface area (Å²) >= 11 is 0. The third kappa shape index (κ3) is 3.30. The van der Waals surface area contributed by atoms with Gasteiger partial charge in [-0.05, 0) is 29.8 Å². The average Bonchev–Trinajstić information content (AvgIpc) is 3.02. The van der Waals surface area contributed by atoms with Crippen LogP contribution in [-0.4, -0.2) is 54.0 Å². The number of piperazine rings is 1. The average molecular weight is 347 g/mol. The Labute approximate surface area is 155 Å². The van der Waals surface area contributed by atoms with Crippen LogP contribution in [0.2, 0.25) is 0 Å². The lowest BCUT2D eigenvalue weighted by atomic mass is 9.84. The summed E-state index contributed by atoms with van der Waals surface area (Å²) in [5, 5.41) is 18.6. The molecule has 0 bridgehead atoms. The predicted molar refractivity (Wildman–Crippen MR) is 106 cm³/mol. The van der Waals surface area contributed by atoms with Gasteiger partial charge < -0.3 is 10.0 Å². The Morgan fingerprint density at radius 2 is 1.50 bits per heavy atom. The highest BCUT2D eigenvalue weighted by Crippen LogP contribution is 2.44. The number of hydrazone groups is 1. The van der Waals surface area contributed by atoms with Gasteiger partial charge in [0.05, 0.1) is 5.71 Å². The first kappa shape index (κ1) is 17.0. The van der Waals surface area contributed by atoms with Crippen LogP contribution in [0, 0.1) is 0 Å². The first-order valence-electron chi connectivity index (χ1n) is 9.22. The zero-order valence-electron chi connectivity index (χ0n) is 15.2. The van der Waals surface area contributed by atoms with Crippen LogP contribution in [0.5, 0.6) is 0 Å². The van der Waals surface area contributed by atoms with Gasteiger partial charge >= 0.3 is 0 Å². The van der Waals surface area contributed by atoms with Crippen molar-refractivity contribution in [3.05, 3.63) is 77.9 Å². The van der Waals surface area contributed by atoms with E-state index >= 15 is 0 Å². The number of hydrogen-bond donors (Lipinski definition) is 1. The summed E-state index contributed by atoms with van der Waals surface area (Å²) in [5.41, 5.74) is 2.80. The van der Waals surface area contributed by atoms with Gasteiger partial charge in [0.2, 0.25) is 0 Å². The smallest absolute Gasteiger partial charge is 0.121 e.